The van der Waals surface area contributed by atoms with Gasteiger partial charge in [-0.15, -0.1) is 0 Å². The molecule has 2 saturated heterocycles. The van der Waals surface area contributed by atoms with Crippen LogP contribution in [-0.2, 0) is 36.5 Å². The molecule has 0 saturated carbocycles. The van der Waals surface area contributed by atoms with Gasteiger partial charge in [-0.2, -0.15) is 0 Å². The van der Waals surface area contributed by atoms with Crippen LogP contribution in [0.2, 0.25) is 0 Å². The molecular formula is C23H21N3O8S. The summed E-state index contributed by atoms with van der Waals surface area (Å²) in [5.41, 5.74) is 0.683. The summed E-state index contributed by atoms with van der Waals surface area (Å²) in [6.45, 7) is 3.28. The Balaban J connectivity index is 1.36. The molecule has 2 aliphatic rings. The molecule has 0 spiro atoms. The van der Waals surface area contributed by atoms with Crippen molar-refractivity contribution in [3.63, 3.8) is 0 Å². The third-order valence-corrected chi connectivity index (χ3v) is 7.22. The van der Waals surface area contributed by atoms with Gasteiger partial charge < -0.3 is 19.7 Å². The van der Waals surface area contributed by atoms with E-state index < -0.39 is 51.0 Å². The molecule has 12 heteroatoms. The summed E-state index contributed by atoms with van der Waals surface area (Å²) in [5, 5.41) is 12.4. The van der Waals surface area contributed by atoms with E-state index >= 15 is 0 Å². The second-order valence-corrected chi connectivity index (χ2v) is 9.43. The molecule has 1 N–H and O–H groups in total. The summed E-state index contributed by atoms with van der Waals surface area (Å²) in [5.74, 6) is -1.45. The van der Waals surface area contributed by atoms with Crippen LogP contribution >= 0.6 is 0 Å². The van der Waals surface area contributed by atoms with Gasteiger partial charge in [-0.25, -0.2) is 4.79 Å². The summed E-state index contributed by atoms with van der Waals surface area (Å²) >= 11 is 0. The number of nitrogens with one attached hydrogen (secondary N) is 1. The second kappa shape index (κ2) is 10.1. The van der Waals surface area contributed by atoms with E-state index in [0.717, 1.165) is 4.90 Å². The SMILES string of the molecule is C=C1C[S@](=O)[C@H]2[C@H](NC(=O)COc3ccccc3)C(=O)N2[C@@H]1C(=O)OCc1ccc([N+](=O)[O-])cc1. The van der Waals surface area contributed by atoms with Crippen molar-refractivity contribution in [2.45, 2.75) is 24.1 Å². The molecule has 182 valence electrons. The van der Waals surface area contributed by atoms with Crippen molar-refractivity contribution in [2.75, 3.05) is 12.4 Å². The maximum Gasteiger partial charge on any atom is 0.333 e. The fourth-order valence-corrected chi connectivity index (χ4v) is 5.49. The molecule has 2 aromatic rings. The van der Waals surface area contributed by atoms with Crippen LogP contribution in [0.1, 0.15) is 5.56 Å². The summed E-state index contributed by atoms with van der Waals surface area (Å²) in [6.07, 6.45) is 0. The number of para-hydroxylation sites is 1. The number of nitro benzene ring substituents is 1. The average molecular weight is 500 g/mol. The van der Waals surface area contributed by atoms with Crippen LogP contribution in [0.25, 0.3) is 0 Å². The molecule has 11 nitrogen and oxygen atoms in total. The number of non-ortho nitro benzene ring substituents is 1. The van der Waals surface area contributed by atoms with Gasteiger partial charge in [0.25, 0.3) is 11.6 Å². The van der Waals surface area contributed by atoms with Crippen molar-refractivity contribution in [3.05, 3.63) is 82.4 Å². The number of benzene rings is 2. The van der Waals surface area contributed by atoms with Gasteiger partial charge in [0.05, 0.1) is 15.7 Å². The smallest absolute Gasteiger partial charge is 0.333 e. The first-order chi connectivity index (χ1) is 16.8. The first-order valence-corrected chi connectivity index (χ1v) is 11.9. The molecule has 2 aromatic carbocycles. The van der Waals surface area contributed by atoms with Crippen LogP contribution in [0.15, 0.2) is 66.7 Å². The fourth-order valence-electron chi connectivity index (χ4n) is 3.82. The Morgan fingerprint density at radius 3 is 2.51 bits per heavy atom. The number of ether oxygens (including phenoxy) is 2. The van der Waals surface area contributed by atoms with E-state index in [4.69, 9.17) is 9.47 Å². The van der Waals surface area contributed by atoms with E-state index in [1.165, 1.54) is 24.3 Å². The number of amides is 2. The minimum atomic E-state index is -1.57. The van der Waals surface area contributed by atoms with Gasteiger partial charge in [0, 0.05) is 17.9 Å². The highest BCUT2D eigenvalue weighted by Gasteiger charge is 2.59. The van der Waals surface area contributed by atoms with Gasteiger partial charge in [-0.05, 0) is 35.4 Å². The minimum absolute atomic E-state index is 0.0291. The average Bonchev–Trinajstić information content (AvgIpc) is 2.85. The molecule has 0 unspecified atom stereocenters. The third-order valence-electron chi connectivity index (χ3n) is 5.52. The van der Waals surface area contributed by atoms with Crippen molar-refractivity contribution in [1.29, 1.82) is 0 Å². The molecule has 0 aromatic heterocycles. The normalized spacial score (nSPS) is 23.0. The van der Waals surface area contributed by atoms with Crippen LogP contribution in [0.4, 0.5) is 5.69 Å². The number of carbonyl (C=O) groups is 3. The molecular weight excluding hydrogens is 478 g/mol. The molecule has 0 radical (unpaired) electrons. The Morgan fingerprint density at radius 2 is 1.86 bits per heavy atom. The number of carbonyl (C=O) groups excluding carboxylic acids is 3. The molecule has 2 heterocycles. The molecule has 0 bridgehead atoms. The van der Waals surface area contributed by atoms with E-state index in [2.05, 4.69) is 11.9 Å². The van der Waals surface area contributed by atoms with Crippen LogP contribution in [-0.4, -0.2) is 61.6 Å². The number of fused-ring (bicyclic) bond motifs is 1. The maximum atomic E-state index is 12.8. The first kappa shape index (κ1) is 24.1. The molecule has 4 atom stereocenters. The van der Waals surface area contributed by atoms with Gasteiger partial charge in [-0.3, -0.25) is 23.9 Å². The standard InChI is InChI=1S/C23H21N3O8S/c1-14-13-35(32)22-19(24-18(27)12-33-17-5-3-2-4-6-17)21(28)25(22)20(14)23(29)34-11-15-7-9-16(10-8-15)26(30)31/h2-10,19-20,22H,1,11-13H2,(H,24,27)/t19-,20+,22+,35+/m1/s1. The highest BCUT2D eigenvalue weighted by molar-refractivity contribution is 7.86. The summed E-state index contributed by atoms with van der Waals surface area (Å²) in [4.78, 5) is 49.2. The zero-order chi connectivity index (χ0) is 25.1. The Labute approximate surface area is 202 Å². The minimum Gasteiger partial charge on any atom is -0.484 e. The number of hydrogen-bond donors (Lipinski definition) is 1. The van der Waals surface area contributed by atoms with Crippen molar-refractivity contribution in [3.8, 4) is 5.75 Å². The Bertz CT molecular complexity index is 1200. The largest absolute Gasteiger partial charge is 0.484 e. The molecule has 35 heavy (non-hydrogen) atoms. The van der Waals surface area contributed by atoms with Gasteiger partial charge in [0.2, 0.25) is 5.91 Å². The number of hydrogen-bond acceptors (Lipinski definition) is 8. The number of nitrogens with zero attached hydrogens (tertiary/aromatic N) is 2. The van der Waals surface area contributed by atoms with Crippen LogP contribution in [0.5, 0.6) is 5.75 Å². The van der Waals surface area contributed by atoms with Gasteiger partial charge in [0.1, 0.15) is 23.8 Å². The van der Waals surface area contributed by atoms with E-state index in [1.54, 1.807) is 30.3 Å². The van der Waals surface area contributed by atoms with E-state index in [9.17, 15) is 28.7 Å². The Morgan fingerprint density at radius 1 is 1.17 bits per heavy atom. The van der Waals surface area contributed by atoms with Gasteiger partial charge >= 0.3 is 5.97 Å². The maximum absolute atomic E-state index is 12.8. The number of esters is 1. The van der Waals surface area contributed by atoms with E-state index in [-0.39, 0.29) is 30.2 Å². The van der Waals surface area contributed by atoms with Crippen LogP contribution < -0.4 is 10.1 Å². The van der Waals surface area contributed by atoms with Gasteiger partial charge in [0.15, 0.2) is 12.6 Å². The molecule has 2 fully saturated rings. The predicted octanol–water partition coefficient (Wildman–Crippen LogP) is 1.06. The van der Waals surface area contributed by atoms with E-state index in [0.29, 0.717) is 11.3 Å². The van der Waals surface area contributed by atoms with Crippen molar-refractivity contribution < 1.29 is 33.0 Å². The Hall–Kier alpha value is -4.06. The Kier molecular flexibility index (Phi) is 6.92. The number of β-lactam (4-membered cyclic amide) rings is 1. The summed E-state index contributed by atoms with van der Waals surface area (Å²) in [6, 6.07) is 11.9. The lowest BCUT2D eigenvalue weighted by Crippen LogP contribution is -2.77. The number of rotatable bonds is 8. The summed E-state index contributed by atoms with van der Waals surface area (Å²) in [7, 11) is -1.57. The second-order valence-electron chi connectivity index (χ2n) is 7.90. The zero-order valence-electron chi connectivity index (χ0n) is 18.3. The predicted molar refractivity (Wildman–Crippen MR) is 123 cm³/mol. The first-order valence-electron chi connectivity index (χ1n) is 10.5. The fraction of sp³-hybridized carbons (Fsp3) is 0.261. The molecule has 2 amide bonds. The lowest BCUT2D eigenvalue weighted by atomic mass is 9.98. The topological polar surface area (TPSA) is 145 Å². The van der Waals surface area contributed by atoms with Crippen molar-refractivity contribution >= 4 is 34.3 Å². The van der Waals surface area contributed by atoms with Crippen LogP contribution in [0.3, 0.4) is 0 Å². The van der Waals surface area contributed by atoms with Gasteiger partial charge in [-0.1, -0.05) is 24.8 Å². The molecule has 4 rings (SSSR count). The third kappa shape index (κ3) is 5.06. The summed E-state index contributed by atoms with van der Waals surface area (Å²) < 4.78 is 23.4. The quantitative estimate of drug-likeness (QED) is 0.187. The highest BCUT2D eigenvalue weighted by Crippen LogP contribution is 2.34. The zero-order valence-corrected chi connectivity index (χ0v) is 19.1. The van der Waals surface area contributed by atoms with Crippen molar-refractivity contribution in [2.24, 2.45) is 0 Å². The van der Waals surface area contributed by atoms with Crippen LogP contribution in [0, 0.1) is 10.1 Å². The number of nitro groups is 1. The molecule has 0 aliphatic carbocycles. The highest BCUT2D eigenvalue weighted by atomic mass is 32.2. The molecule has 2 aliphatic heterocycles. The monoisotopic (exact) mass is 499 g/mol. The lowest BCUT2D eigenvalue weighted by molar-refractivity contribution is -0.384. The van der Waals surface area contributed by atoms with E-state index in [1.807, 2.05) is 0 Å². The lowest BCUT2D eigenvalue weighted by Gasteiger charge is -2.52. The van der Waals surface area contributed by atoms with Crippen molar-refractivity contribution in [1.82, 2.24) is 10.2 Å².